The van der Waals surface area contributed by atoms with Crippen LogP contribution in [0.5, 0.6) is 0 Å². The van der Waals surface area contributed by atoms with Gasteiger partial charge in [0.2, 0.25) is 5.91 Å². The van der Waals surface area contributed by atoms with Crippen LogP contribution in [-0.4, -0.2) is 26.4 Å². The summed E-state index contributed by atoms with van der Waals surface area (Å²) in [5.41, 5.74) is 2.93. The van der Waals surface area contributed by atoms with E-state index in [9.17, 15) is 4.79 Å². The molecule has 32 heavy (non-hydrogen) atoms. The quantitative estimate of drug-likeness (QED) is 0.381. The van der Waals surface area contributed by atoms with Crippen molar-refractivity contribution in [1.82, 2.24) is 14.8 Å². The number of carbonyl (C=O) groups is 1. The number of hydrogen-bond acceptors (Lipinski definition) is 5. The zero-order valence-corrected chi connectivity index (χ0v) is 18.5. The average Bonchev–Trinajstić information content (AvgIpc) is 3.21. The molecule has 0 unspecified atom stereocenters. The molecule has 0 aliphatic heterocycles. The Morgan fingerprint density at radius 1 is 1.03 bits per heavy atom. The van der Waals surface area contributed by atoms with Gasteiger partial charge in [-0.05, 0) is 35.9 Å². The zero-order chi connectivity index (χ0) is 22.3. The Morgan fingerprint density at radius 3 is 2.59 bits per heavy atom. The van der Waals surface area contributed by atoms with Crippen LogP contribution in [-0.2, 0) is 11.3 Å². The first-order valence-electron chi connectivity index (χ1n) is 9.79. The fourth-order valence-electron chi connectivity index (χ4n) is 3.14. The highest BCUT2D eigenvalue weighted by atomic mass is 35.5. The van der Waals surface area contributed by atoms with Gasteiger partial charge in [-0.25, -0.2) is 0 Å². The van der Waals surface area contributed by atoms with Crippen molar-refractivity contribution >= 4 is 35.0 Å². The Kier molecular flexibility index (Phi) is 6.85. The number of nitrogens with one attached hydrogen (secondary N) is 1. The summed E-state index contributed by atoms with van der Waals surface area (Å²) in [5.74, 6) is 0.592. The summed E-state index contributed by atoms with van der Waals surface area (Å²) < 4.78 is 1.96. The van der Waals surface area contributed by atoms with Crippen LogP contribution in [0.1, 0.15) is 11.1 Å². The minimum Gasteiger partial charge on any atom is -0.325 e. The maximum Gasteiger partial charge on any atom is 0.234 e. The lowest BCUT2D eigenvalue weighted by atomic mass is 10.2. The summed E-state index contributed by atoms with van der Waals surface area (Å²) >= 11 is 7.70. The van der Waals surface area contributed by atoms with Crippen LogP contribution in [0.25, 0.3) is 11.4 Å². The van der Waals surface area contributed by atoms with Crippen molar-refractivity contribution in [2.24, 2.45) is 0 Å². The van der Waals surface area contributed by atoms with Crippen LogP contribution in [0, 0.1) is 11.3 Å². The molecule has 6 nitrogen and oxygen atoms in total. The van der Waals surface area contributed by atoms with Crippen molar-refractivity contribution in [1.29, 1.82) is 5.26 Å². The Bertz CT molecular complexity index is 1280. The fraction of sp³-hybridized carbons (Fsp3) is 0.0833. The molecular formula is C24H18ClN5OS. The normalized spacial score (nSPS) is 10.5. The first kappa shape index (κ1) is 21.6. The Labute approximate surface area is 194 Å². The van der Waals surface area contributed by atoms with E-state index in [-0.39, 0.29) is 11.7 Å². The number of benzene rings is 3. The highest BCUT2D eigenvalue weighted by Gasteiger charge is 2.18. The third-order valence-corrected chi connectivity index (χ3v) is 5.92. The van der Waals surface area contributed by atoms with E-state index in [0.29, 0.717) is 33.8 Å². The van der Waals surface area contributed by atoms with Gasteiger partial charge in [0.25, 0.3) is 0 Å². The number of aromatic nitrogens is 3. The second-order valence-corrected chi connectivity index (χ2v) is 8.24. The predicted molar refractivity (Wildman–Crippen MR) is 127 cm³/mol. The number of carbonyl (C=O) groups excluding carboxylic acids is 1. The second-order valence-electron chi connectivity index (χ2n) is 6.89. The number of hydrogen-bond donors (Lipinski definition) is 1. The molecule has 0 saturated carbocycles. The van der Waals surface area contributed by atoms with Gasteiger partial charge in [0.15, 0.2) is 11.0 Å². The molecule has 0 saturated heterocycles. The molecule has 1 aromatic heterocycles. The third kappa shape index (κ3) is 5.17. The summed E-state index contributed by atoms with van der Waals surface area (Å²) in [4.78, 5) is 12.5. The molecule has 0 fully saturated rings. The average molecular weight is 460 g/mol. The molecule has 4 rings (SSSR count). The van der Waals surface area contributed by atoms with Crippen molar-refractivity contribution in [3.63, 3.8) is 0 Å². The summed E-state index contributed by atoms with van der Waals surface area (Å²) in [7, 11) is 0. The highest BCUT2D eigenvalue weighted by molar-refractivity contribution is 7.99. The minimum atomic E-state index is -0.196. The summed E-state index contributed by atoms with van der Waals surface area (Å²) in [6.07, 6.45) is 0. The van der Waals surface area contributed by atoms with Crippen molar-refractivity contribution < 1.29 is 4.79 Å². The van der Waals surface area contributed by atoms with Crippen LogP contribution in [0.2, 0.25) is 5.02 Å². The van der Waals surface area contributed by atoms with E-state index >= 15 is 0 Å². The molecule has 0 radical (unpaired) electrons. The van der Waals surface area contributed by atoms with Crippen LogP contribution in [0.4, 0.5) is 5.69 Å². The van der Waals surface area contributed by atoms with E-state index in [1.807, 2.05) is 59.2 Å². The Morgan fingerprint density at radius 2 is 1.81 bits per heavy atom. The van der Waals surface area contributed by atoms with E-state index in [2.05, 4.69) is 21.6 Å². The summed E-state index contributed by atoms with van der Waals surface area (Å²) in [6, 6.07) is 26.3. The minimum absolute atomic E-state index is 0.145. The van der Waals surface area contributed by atoms with Gasteiger partial charge in [-0.15, -0.1) is 10.2 Å². The number of nitrogens with zero attached hydrogens (tertiary/aromatic N) is 4. The maximum atomic E-state index is 12.5. The molecule has 0 spiro atoms. The molecule has 0 bridgehead atoms. The van der Waals surface area contributed by atoms with Gasteiger partial charge in [-0.3, -0.25) is 9.36 Å². The van der Waals surface area contributed by atoms with E-state index in [0.717, 1.165) is 11.1 Å². The van der Waals surface area contributed by atoms with E-state index in [1.54, 1.807) is 24.3 Å². The van der Waals surface area contributed by atoms with E-state index in [1.165, 1.54) is 11.8 Å². The predicted octanol–water partition coefficient (Wildman–Crippen LogP) is 5.25. The molecule has 3 aromatic carbocycles. The van der Waals surface area contributed by atoms with Gasteiger partial charge in [0, 0.05) is 11.3 Å². The van der Waals surface area contributed by atoms with Gasteiger partial charge in [-0.2, -0.15) is 5.26 Å². The second kappa shape index (κ2) is 10.1. The molecule has 0 aliphatic carbocycles. The van der Waals surface area contributed by atoms with Crippen molar-refractivity contribution in [3.05, 3.63) is 95.0 Å². The molecule has 1 amide bonds. The molecule has 1 heterocycles. The Hall–Kier alpha value is -3.60. The number of nitriles is 1. The van der Waals surface area contributed by atoms with Crippen molar-refractivity contribution in [2.45, 2.75) is 11.7 Å². The number of anilines is 1. The smallest absolute Gasteiger partial charge is 0.234 e. The van der Waals surface area contributed by atoms with Crippen molar-refractivity contribution in [3.8, 4) is 17.5 Å². The Balaban J connectivity index is 1.56. The lowest BCUT2D eigenvalue weighted by Crippen LogP contribution is -2.15. The molecule has 1 N–H and O–H groups in total. The zero-order valence-electron chi connectivity index (χ0n) is 16.9. The molecule has 8 heteroatoms. The molecule has 4 aromatic rings. The first-order valence-corrected chi connectivity index (χ1v) is 11.2. The number of halogens is 1. The van der Waals surface area contributed by atoms with E-state index in [4.69, 9.17) is 16.9 Å². The number of amides is 1. The van der Waals surface area contributed by atoms with Gasteiger partial charge in [-0.1, -0.05) is 71.9 Å². The SMILES string of the molecule is N#Cc1cccc(NC(=O)CSc2nnc(-c3ccccc3Cl)n2Cc2ccccc2)c1. The lowest BCUT2D eigenvalue weighted by Gasteiger charge is -2.11. The largest absolute Gasteiger partial charge is 0.325 e. The van der Waals surface area contributed by atoms with Gasteiger partial charge in [0.1, 0.15) is 0 Å². The summed E-state index contributed by atoms with van der Waals surface area (Å²) in [6.45, 7) is 0.544. The van der Waals surface area contributed by atoms with Gasteiger partial charge >= 0.3 is 0 Å². The molecular weight excluding hydrogens is 442 g/mol. The highest BCUT2D eigenvalue weighted by Crippen LogP contribution is 2.30. The van der Waals surface area contributed by atoms with Crippen LogP contribution in [0.15, 0.2) is 84.0 Å². The molecule has 158 valence electrons. The van der Waals surface area contributed by atoms with E-state index < -0.39 is 0 Å². The summed E-state index contributed by atoms with van der Waals surface area (Å²) in [5, 5.41) is 21.7. The monoisotopic (exact) mass is 459 g/mol. The molecule has 0 aliphatic rings. The standard InChI is InChI=1S/C24H18ClN5OS/c25-21-12-5-4-11-20(21)23-28-29-24(30(23)15-17-7-2-1-3-8-17)32-16-22(31)27-19-10-6-9-18(13-19)14-26/h1-13H,15-16H2,(H,27,31). The third-order valence-electron chi connectivity index (χ3n) is 4.62. The van der Waals surface area contributed by atoms with Crippen molar-refractivity contribution in [2.75, 3.05) is 11.1 Å². The first-order chi connectivity index (χ1) is 15.6. The lowest BCUT2D eigenvalue weighted by molar-refractivity contribution is -0.113. The molecule has 0 atom stereocenters. The number of thioether (sulfide) groups is 1. The topological polar surface area (TPSA) is 83.6 Å². The van der Waals surface area contributed by atoms with Crippen LogP contribution >= 0.6 is 23.4 Å². The fourth-order valence-corrected chi connectivity index (χ4v) is 4.10. The van der Waals surface area contributed by atoms with Crippen LogP contribution in [0.3, 0.4) is 0 Å². The number of rotatable bonds is 7. The van der Waals surface area contributed by atoms with Gasteiger partial charge < -0.3 is 5.32 Å². The van der Waals surface area contributed by atoms with Gasteiger partial charge in [0.05, 0.1) is 29.0 Å². The van der Waals surface area contributed by atoms with Crippen LogP contribution < -0.4 is 5.32 Å². The maximum absolute atomic E-state index is 12.5.